The number of rotatable bonds is 14. The number of nitrogens with zero attached hydrogens (tertiary/aromatic N) is 2. The van der Waals surface area contributed by atoms with Crippen molar-refractivity contribution in [1.82, 2.24) is 9.80 Å². The monoisotopic (exact) mass is 488 g/mol. The second-order valence-corrected chi connectivity index (χ2v) is 13.1. The Labute approximate surface area is 212 Å². The third-order valence-corrected chi connectivity index (χ3v) is 6.70. The van der Waals surface area contributed by atoms with E-state index in [1.165, 1.54) is 0 Å². The SMILES string of the molecule is CC(C)C(=O)CC(C)(C)OCCC(C)(C)C(=O)N(C)CC(C)(C)CC(C)(C)N(C)C(C)C.S. The molecule has 0 fully saturated rings. The maximum absolute atomic E-state index is 13.3. The van der Waals surface area contributed by atoms with E-state index in [1.54, 1.807) is 0 Å². The van der Waals surface area contributed by atoms with Gasteiger partial charge in [0.15, 0.2) is 0 Å². The van der Waals surface area contributed by atoms with Crippen LogP contribution in [0.4, 0.5) is 0 Å². The van der Waals surface area contributed by atoms with Crippen molar-refractivity contribution >= 4 is 25.2 Å². The summed E-state index contributed by atoms with van der Waals surface area (Å²) in [5.74, 6) is 0.358. The van der Waals surface area contributed by atoms with Gasteiger partial charge in [-0.15, -0.1) is 0 Å². The van der Waals surface area contributed by atoms with E-state index in [4.69, 9.17) is 4.74 Å². The molecule has 0 aromatic carbocycles. The number of carbonyl (C=O) groups excluding carboxylic acids is 2. The van der Waals surface area contributed by atoms with Crippen LogP contribution in [0.2, 0.25) is 0 Å². The van der Waals surface area contributed by atoms with Gasteiger partial charge in [0.2, 0.25) is 5.91 Å². The Morgan fingerprint density at radius 3 is 1.79 bits per heavy atom. The van der Waals surface area contributed by atoms with Crippen LogP contribution >= 0.6 is 13.5 Å². The molecule has 33 heavy (non-hydrogen) atoms. The molecule has 0 rings (SSSR count). The van der Waals surface area contributed by atoms with Gasteiger partial charge in [0.05, 0.1) is 5.60 Å². The predicted molar refractivity (Wildman–Crippen MR) is 146 cm³/mol. The van der Waals surface area contributed by atoms with Gasteiger partial charge >= 0.3 is 0 Å². The smallest absolute Gasteiger partial charge is 0.228 e. The molecule has 0 saturated heterocycles. The first kappa shape index (κ1) is 34.6. The average Bonchev–Trinajstić information content (AvgIpc) is 2.57. The van der Waals surface area contributed by atoms with Gasteiger partial charge in [0.1, 0.15) is 5.78 Å². The van der Waals surface area contributed by atoms with Crippen LogP contribution in [0, 0.1) is 16.7 Å². The first-order chi connectivity index (χ1) is 14.1. The molecule has 0 atom stereocenters. The van der Waals surface area contributed by atoms with E-state index >= 15 is 0 Å². The number of ether oxygens (including phenoxy) is 1. The molecule has 6 heteroatoms. The van der Waals surface area contributed by atoms with Crippen molar-refractivity contribution in [2.24, 2.45) is 16.7 Å². The molecular weight excluding hydrogens is 432 g/mol. The molecule has 0 spiro atoms. The molecule has 0 bridgehead atoms. The molecule has 0 saturated carbocycles. The van der Waals surface area contributed by atoms with Gasteiger partial charge in [0, 0.05) is 49.5 Å². The van der Waals surface area contributed by atoms with Crippen molar-refractivity contribution in [3.63, 3.8) is 0 Å². The van der Waals surface area contributed by atoms with Crippen LogP contribution in [0.15, 0.2) is 0 Å². The second-order valence-electron chi connectivity index (χ2n) is 13.1. The van der Waals surface area contributed by atoms with Gasteiger partial charge in [0.25, 0.3) is 0 Å². The highest BCUT2D eigenvalue weighted by molar-refractivity contribution is 7.59. The minimum absolute atomic E-state index is 0. The quantitative estimate of drug-likeness (QED) is 0.304. The summed E-state index contributed by atoms with van der Waals surface area (Å²) in [6, 6.07) is 0.471. The molecule has 5 nitrogen and oxygen atoms in total. The zero-order valence-electron chi connectivity index (χ0n) is 24.3. The number of ketones is 1. The molecule has 1 amide bonds. The molecule has 0 aliphatic heterocycles. The Bertz CT molecular complexity index is 625. The Hall–Kier alpha value is -0.590. The molecule has 0 unspecified atom stereocenters. The lowest BCUT2D eigenvalue weighted by Crippen LogP contribution is -2.50. The molecule has 0 radical (unpaired) electrons. The first-order valence-corrected chi connectivity index (χ1v) is 12.3. The van der Waals surface area contributed by atoms with Crippen molar-refractivity contribution < 1.29 is 14.3 Å². The molecule has 0 aliphatic rings. The fourth-order valence-corrected chi connectivity index (χ4v) is 4.65. The van der Waals surface area contributed by atoms with Crippen LogP contribution < -0.4 is 0 Å². The van der Waals surface area contributed by atoms with Crippen LogP contribution in [0.5, 0.6) is 0 Å². The summed E-state index contributed by atoms with van der Waals surface area (Å²) in [4.78, 5) is 29.7. The average molecular weight is 489 g/mol. The number of amides is 1. The van der Waals surface area contributed by atoms with E-state index in [9.17, 15) is 9.59 Å². The molecule has 0 aliphatic carbocycles. The van der Waals surface area contributed by atoms with Crippen LogP contribution in [-0.2, 0) is 14.3 Å². The Balaban J connectivity index is 0. The maximum atomic E-state index is 13.3. The summed E-state index contributed by atoms with van der Waals surface area (Å²) >= 11 is 0. The van der Waals surface area contributed by atoms with Crippen molar-refractivity contribution in [3.8, 4) is 0 Å². The lowest BCUT2D eigenvalue weighted by atomic mass is 9.78. The van der Waals surface area contributed by atoms with Gasteiger partial charge in [-0.2, -0.15) is 13.5 Å². The largest absolute Gasteiger partial charge is 0.375 e. The van der Waals surface area contributed by atoms with Crippen molar-refractivity contribution in [2.45, 2.75) is 120 Å². The van der Waals surface area contributed by atoms with Gasteiger partial charge < -0.3 is 9.64 Å². The fourth-order valence-electron chi connectivity index (χ4n) is 4.65. The minimum Gasteiger partial charge on any atom is -0.375 e. The summed E-state index contributed by atoms with van der Waals surface area (Å²) < 4.78 is 6.03. The lowest BCUT2D eigenvalue weighted by Gasteiger charge is -2.45. The summed E-state index contributed by atoms with van der Waals surface area (Å²) in [7, 11) is 4.09. The summed E-state index contributed by atoms with van der Waals surface area (Å²) in [5.41, 5.74) is -0.998. The van der Waals surface area contributed by atoms with Gasteiger partial charge in [-0.1, -0.05) is 41.5 Å². The first-order valence-electron chi connectivity index (χ1n) is 12.3. The molecule has 0 heterocycles. The second kappa shape index (κ2) is 12.9. The molecule has 0 aromatic rings. The Kier molecular flexibility index (Phi) is 13.5. The van der Waals surface area contributed by atoms with Gasteiger partial charge in [-0.25, -0.2) is 0 Å². The summed E-state index contributed by atoms with van der Waals surface area (Å²) in [6.45, 7) is 26.4. The Morgan fingerprint density at radius 1 is 0.879 bits per heavy atom. The van der Waals surface area contributed by atoms with Crippen LogP contribution in [0.1, 0.15) is 102 Å². The molecule has 0 aromatic heterocycles. The minimum atomic E-state index is -0.521. The van der Waals surface area contributed by atoms with Crippen LogP contribution in [0.3, 0.4) is 0 Å². The van der Waals surface area contributed by atoms with E-state index in [0.717, 1.165) is 6.42 Å². The van der Waals surface area contributed by atoms with Crippen molar-refractivity contribution in [1.29, 1.82) is 0 Å². The number of hydrogen-bond acceptors (Lipinski definition) is 4. The Morgan fingerprint density at radius 2 is 1.36 bits per heavy atom. The van der Waals surface area contributed by atoms with E-state index in [0.29, 0.717) is 32.0 Å². The molecule has 0 N–H and O–H groups in total. The number of Topliss-reactive ketones (excluding diaryl/α,β-unsaturated/α-hetero) is 1. The standard InChI is InChI=1S/C27H54N2O3.H2S/c1-20(2)22(30)17-27(11,12)32-16-15-25(7,8)23(31)28(13)19-24(5,6)18-26(9,10)29(14)21(3)4;/h20-21H,15-19H2,1-14H3;1H2. The normalized spacial score (nSPS) is 13.5. The molecule has 198 valence electrons. The van der Waals surface area contributed by atoms with Crippen LogP contribution in [-0.4, -0.2) is 65.9 Å². The zero-order chi connectivity index (χ0) is 25.7. The highest BCUT2D eigenvalue weighted by Gasteiger charge is 2.37. The lowest BCUT2D eigenvalue weighted by molar-refractivity contribution is -0.143. The van der Waals surface area contributed by atoms with E-state index in [2.05, 4.69) is 53.5 Å². The van der Waals surface area contributed by atoms with E-state index in [1.807, 2.05) is 53.5 Å². The number of carbonyl (C=O) groups is 2. The summed E-state index contributed by atoms with van der Waals surface area (Å²) in [5, 5.41) is 0. The summed E-state index contributed by atoms with van der Waals surface area (Å²) in [6.07, 6.45) is 2.01. The van der Waals surface area contributed by atoms with Crippen molar-refractivity contribution in [2.75, 3.05) is 27.2 Å². The highest BCUT2D eigenvalue weighted by atomic mass is 32.1. The zero-order valence-corrected chi connectivity index (χ0v) is 25.3. The maximum Gasteiger partial charge on any atom is 0.228 e. The predicted octanol–water partition coefficient (Wildman–Crippen LogP) is 5.92. The van der Waals surface area contributed by atoms with Crippen LogP contribution in [0.25, 0.3) is 0 Å². The van der Waals surface area contributed by atoms with Crippen molar-refractivity contribution in [3.05, 3.63) is 0 Å². The van der Waals surface area contributed by atoms with E-state index < -0.39 is 11.0 Å². The third kappa shape index (κ3) is 12.1. The highest BCUT2D eigenvalue weighted by Crippen LogP contribution is 2.34. The third-order valence-electron chi connectivity index (χ3n) is 6.70. The fraction of sp³-hybridized carbons (Fsp3) is 0.926. The van der Waals surface area contributed by atoms with Gasteiger partial charge in [-0.3, -0.25) is 14.5 Å². The van der Waals surface area contributed by atoms with Gasteiger partial charge in [-0.05, 0) is 66.8 Å². The molecular formula is C27H56N2O3S. The van der Waals surface area contributed by atoms with E-state index in [-0.39, 0.29) is 42.1 Å². The number of hydrogen-bond donors (Lipinski definition) is 0. The topological polar surface area (TPSA) is 49.9 Å².